The predicted octanol–water partition coefficient (Wildman–Crippen LogP) is 3.26. The molecule has 2 amide bonds. The molecule has 120 valence electrons. The molecule has 1 aliphatic rings. The minimum Gasteiger partial charge on any atom is -0.344 e. The highest BCUT2D eigenvalue weighted by atomic mass is 32.2. The number of hydrogen-bond acceptors (Lipinski definition) is 4. The number of amides is 2. The number of anilines is 1. The summed E-state index contributed by atoms with van der Waals surface area (Å²) in [6.45, 7) is 5.27. The summed E-state index contributed by atoms with van der Waals surface area (Å²) in [5.74, 6) is 2.01. The van der Waals surface area contributed by atoms with Gasteiger partial charge in [-0.3, -0.25) is 9.59 Å². The molecule has 0 aliphatic carbocycles. The number of thioether (sulfide) groups is 2. The minimum absolute atomic E-state index is 0.0352. The van der Waals surface area contributed by atoms with E-state index in [4.69, 9.17) is 0 Å². The highest BCUT2D eigenvalue weighted by Crippen LogP contribution is 2.45. The molecule has 1 unspecified atom stereocenters. The van der Waals surface area contributed by atoms with Crippen LogP contribution in [0.2, 0.25) is 0 Å². The highest BCUT2D eigenvalue weighted by Gasteiger charge is 2.23. The monoisotopic (exact) mass is 338 g/mol. The fourth-order valence-corrected chi connectivity index (χ4v) is 5.13. The minimum atomic E-state index is -0.517. The molecular weight excluding hydrogens is 316 g/mol. The van der Waals surface area contributed by atoms with E-state index in [1.807, 2.05) is 55.6 Å². The Morgan fingerprint density at radius 1 is 1.23 bits per heavy atom. The zero-order valence-electron chi connectivity index (χ0n) is 13.1. The van der Waals surface area contributed by atoms with E-state index in [9.17, 15) is 9.59 Å². The number of carbonyl (C=O) groups excluding carboxylic acids is 2. The normalized spacial score (nSPS) is 16.5. The maximum atomic E-state index is 12.4. The molecule has 0 aromatic heterocycles. The van der Waals surface area contributed by atoms with Gasteiger partial charge in [-0.05, 0) is 23.6 Å². The van der Waals surface area contributed by atoms with Crippen LogP contribution in [-0.2, 0) is 9.59 Å². The third-order valence-electron chi connectivity index (χ3n) is 3.36. The maximum absolute atomic E-state index is 12.4. The van der Waals surface area contributed by atoms with E-state index in [-0.39, 0.29) is 17.7 Å². The van der Waals surface area contributed by atoms with Gasteiger partial charge in [-0.1, -0.05) is 26.0 Å². The lowest BCUT2D eigenvalue weighted by atomic mass is 10.0. The Balaban J connectivity index is 2.06. The van der Waals surface area contributed by atoms with Gasteiger partial charge in [0.25, 0.3) is 0 Å². The summed E-state index contributed by atoms with van der Waals surface area (Å²) in [6, 6.07) is 7.46. The van der Waals surface area contributed by atoms with E-state index in [0.717, 1.165) is 5.69 Å². The lowest BCUT2D eigenvalue weighted by molar-refractivity contribution is -0.126. The molecular formula is C16H22N2O2S2. The van der Waals surface area contributed by atoms with E-state index in [1.165, 1.54) is 24.0 Å². The first-order chi connectivity index (χ1) is 10.5. The molecule has 1 heterocycles. The second kappa shape index (κ2) is 7.92. The van der Waals surface area contributed by atoms with Crippen LogP contribution in [0, 0.1) is 5.92 Å². The Morgan fingerprint density at radius 2 is 1.91 bits per heavy atom. The third-order valence-corrected chi connectivity index (χ3v) is 6.46. The fraction of sp³-hybridized carbons (Fsp3) is 0.500. The van der Waals surface area contributed by atoms with Crippen LogP contribution in [0.1, 0.15) is 30.9 Å². The van der Waals surface area contributed by atoms with Crippen LogP contribution in [0.5, 0.6) is 0 Å². The Kier molecular flexibility index (Phi) is 6.20. The van der Waals surface area contributed by atoms with Gasteiger partial charge in [0, 0.05) is 24.1 Å². The van der Waals surface area contributed by atoms with Crippen molar-refractivity contribution in [3.63, 3.8) is 0 Å². The lowest BCUT2D eigenvalue weighted by Crippen LogP contribution is -2.46. The first-order valence-electron chi connectivity index (χ1n) is 7.38. The van der Waals surface area contributed by atoms with Crippen LogP contribution < -0.4 is 10.6 Å². The molecule has 6 heteroatoms. The molecule has 22 heavy (non-hydrogen) atoms. The second-order valence-corrected chi connectivity index (χ2v) is 8.33. The van der Waals surface area contributed by atoms with E-state index < -0.39 is 6.04 Å². The van der Waals surface area contributed by atoms with Crippen molar-refractivity contribution in [1.82, 2.24) is 5.32 Å². The zero-order valence-corrected chi connectivity index (χ0v) is 14.7. The highest BCUT2D eigenvalue weighted by molar-refractivity contribution is 8.19. The van der Waals surface area contributed by atoms with Crippen LogP contribution in [0.25, 0.3) is 0 Å². The van der Waals surface area contributed by atoms with Gasteiger partial charge in [0.15, 0.2) is 0 Å². The van der Waals surface area contributed by atoms with Gasteiger partial charge in [-0.15, -0.1) is 23.5 Å². The summed E-state index contributed by atoms with van der Waals surface area (Å²) >= 11 is 3.87. The van der Waals surface area contributed by atoms with Crippen LogP contribution in [-0.4, -0.2) is 29.4 Å². The summed E-state index contributed by atoms with van der Waals surface area (Å²) in [7, 11) is 0. The molecule has 2 rings (SSSR count). The predicted molar refractivity (Wildman–Crippen MR) is 95.2 cm³/mol. The first kappa shape index (κ1) is 17.2. The van der Waals surface area contributed by atoms with Crippen molar-refractivity contribution in [3.8, 4) is 0 Å². The average molecular weight is 338 g/mol. The molecule has 1 aromatic carbocycles. The van der Waals surface area contributed by atoms with Gasteiger partial charge in [0.1, 0.15) is 6.04 Å². The van der Waals surface area contributed by atoms with E-state index in [0.29, 0.717) is 4.58 Å². The van der Waals surface area contributed by atoms with Crippen LogP contribution >= 0.6 is 23.5 Å². The van der Waals surface area contributed by atoms with Crippen molar-refractivity contribution in [1.29, 1.82) is 0 Å². The van der Waals surface area contributed by atoms with Gasteiger partial charge in [-0.2, -0.15) is 0 Å². The molecule has 1 aliphatic heterocycles. The second-order valence-electron chi connectivity index (χ2n) is 5.61. The molecule has 1 fully saturated rings. The Labute approximate surface area is 140 Å². The number of benzene rings is 1. The molecule has 1 atom stereocenters. The van der Waals surface area contributed by atoms with Crippen LogP contribution in [0.3, 0.4) is 0 Å². The Hall–Kier alpha value is -1.14. The van der Waals surface area contributed by atoms with Gasteiger partial charge < -0.3 is 10.6 Å². The molecule has 4 nitrogen and oxygen atoms in total. The van der Waals surface area contributed by atoms with Crippen molar-refractivity contribution in [2.45, 2.75) is 31.4 Å². The van der Waals surface area contributed by atoms with E-state index in [2.05, 4.69) is 16.7 Å². The molecule has 1 saturated heterocycles. The molecule has 0 saturated carbocycles. The average Bonchev–Trinajstić information content (AvgIpc) is 2.98. The van der Waals surface area contributed by atoms with Crippen molar-refractivity contribution in [3.05, 3.63) is 29.8 Å². The maximum Gasteiger partial charge on any atom is 0.247 e. The number of rotatable bonds is 5. The van der Waals surface area contributed by atoms with Crippen LogP contribution in [0.4, 0.5) is 5.69 Å². The van der Waals surface area contributed by atoms with Crippen molar-refractivity contribution in [2.75, 3.05) is 16.8 Å². The number of carbonyl (C=O) groups is 2. The lowest BCUT2D eigenvalue weighted by Gasteiger charge is -2.21. The summed E-state index contributed by atoms with van der Waals surface area (Å²) in [5.41, 5.74) is 2.01. The summed E-state index contributed by atoms with van der Waals surface area (Å²) in [4.78, 5) is 23.6. The zero-order chi connectivity index (χ0) is 16.1. The number of hydrogen-bond donors (Lipinski definition) is 2. The van der Waals surface area contributed by atoms with Crippen LogP contribution in [0.15, 0.2) is 24.3 Å². The standard InChI is InChI=1S/C16H22N2O2S2/c1-10(2)14(17-11(3)19)15(20)18-13-6-4-5-12(9-13)16-21-7-8-22-16/h4-6,9-10,14,16H,7-8H2,1-3H3,(H,17,19)(H,18,20). The summed E-state index contributed by atoms with van der Waals surface area (Å²) in [6.07, 6.45) is 0. The van der Waals surface area contributed by atoms with E-state index >= 15 is 0 Å². The van der Waals surface area contributed by atoms with E-state index in [1.54, 1.807) is 0 Å². The molecule has 0 spiro atoms. The van der Waals surface area contributed by atoms with Gasteiger partial charge >= 0.3 is 0 Å². The first-order valence-corrected chi connectivity index (χ1v) is 9.48. The fourth-order valence-electron chi connectivity index (χ4n) is 2.29. The smallest absolute Gasteiger partial charge is 0.247 e. The summed E-state index contributed by atoms with van der Waals surface area (Å²) in [5, 5.41) is 5.63. The largest absolute Gasteiger partial charge is 0.344 e. The third kappa shape index (κ3) is 4.68. The topological polar surface area (TPSA) is 58.2 Å². The Morgan fingerprint density at radius 3 is 2.50 bits per heavy atom. The molecule has 0 radical (unpaired) electrons. The molecule has 2 N–H and O–H groups in total. The van der Waals surface area contributed by atoms with Gasteiger partial charge in [-0.25, -0.2) is 0 Å². The van der Waals surface area contributed by atoms with Gasteiger partial charge in [0.05, 0.1) is 4.58 Å². The number of nitrogens with one attached hydrogen (secondary N) is 2. The quantitative estimate of drug-likeness (QED) is 0.865. The van der Waals surface area contributed by atoms with Crippen molar-refractivity contribution < 1.29 is 9.59 Å². The van der Waals surface area contributed by atoms with Gasteiger partial charge in [0.2, 0.25) is 11.8 Å². The van der Waals surface area contributed by atoms with Crippen molar-refractivity contribution in [2.24, 2.45) is 5.92 Å². The SMILES string of the molecule is CC(=O)NC(C(=O)Nc1cccc(C2SCCS2)c1)C(C)C. The Bertz CT molecular complexity index is 543. The van der Waals surface area contributed by atoms with Crippen molar-refractivity contribution >= 4 is 41.0 Å². The summed E-state index contributed by atoms with van der Waals surface area (Å²) < 4.78 is 0.452. The molecule has 1 aromatic rings. The molecule has 0 bridgehead atoms.